The number of aliphatic hydroxyl groups excluding tert-OH is 2. The van der Waals surface area contributed by atoms with Crippen molar-refractivity contribution in [1.29, 1.82) is 0 Å². The van der Waals surface area contributed by atoms with Crippen LogP contribution >= 0.6 is 7.82 Å². The molecule has 0 radical (unpaired) electrons. The van der Waals surface area contributed by atoms with Gasteiger partial charge < -0.3 is 51.9 Å². The van der Waals surface area contributed by atoms with Gasteiger partial charge in [-0.1, -0.05) is 0 Å². The van der Waals surface area contributed by atoms with E-state index in [1.165, 1.54) is 0 Å². The first kappa shape index (κ1) is 22.1. The van der Waals surface area contributed by atoms with Gasteiger partial charge in [-0.25, -0.2) is 4.98 Å². The fraction of sp³-hybridized carbons (Fsp3) is 0.500. The van der Waals surface area contributed by atoms with Crippen LogP contribution in [0.25, 0.3) is 11.2 Å². The summed E-state index contributed by atoms with van der Waals surface area (Å²) in [5.41, 5.74) is 4.77. The maximum absolute atomic E-state index is 11.7. The summed E-state index contributed by atoms with van der Waals surface area (Å²) in [5, 5.41) is 20.0. The number of hydrogen-bond donors (Lipinski definition) is 6. The maximum atomic E-state index is 11.7. The molecular weight excluding hydrogens is 379 g/mol. The third kappa shape index (κ3) is 4.07. The lowest BCUT2D eigenvalue weighted by Crippen LogP contribution is -2.34. The molecule has 0 aromatic carbocycles. The molecule has 3 heterocycles. The summed E-state index contributed by atoms with van der Waals surface area (Å²) in [4.78, 5) is 42.7. The highest BCUT2D eigenvalue weighted by Crippen LogP contribution is 2.33. The van der Waals surface area contributed by atoms with E-state index < -0.39 is 44.5 Å². The monoisotopic (exact) mass is 399 g/mol. The van der Waals surface area contributed by atoms with E-state index in [1.54, 1.807) is 0 Å². The van der Waals surface area contributed by atoms with Crippen LogP contribution in [0.2, 0.25) is 0 Å². The zero-order valence-electron chi connectivity index (χ0n) is 13.8. The first-order valence-corrected chi connectivity index (χ1v) is 8.04. The van der Waals surface area contributed by atoms with Crippen molar-refractivity contribution in [1.82, 2.24) is 31.8 Å². The summed E-state index contributed by atoms with van der Waals surface area (Å²) in [7, 11) is -5.26. The number of nitrogens with two attached hydrogens (primary N) is 1. The highest BCUT2D eigenvalue weighted by Gasteiger charge is 2.44. The number of anilines is 1. The number of nitrogens with one attached hydrogen (secondary N) is 1. The number of aromatic amines is 1. The van der Waals surface area contributed by atoms with Gasteiger partial charge in [-0.2, -0.15) is 4.98 Å². The molecule has 0 bridgehead atoms. The van der Waals surface area contributed by atoms with Gasteiger partial charge in [0.1, 0.15) is 18.3 Å². The van der Waals surface area contributed by atoms with E-state index >= 15 is 0 Å². The number of aromatic nitrogens is 4. The fourth-order valence-electron chi connectivity index (χ4n) is 2.39. The minimum atomic E-state index is -5.26. The smallest absolute Gasteiger partial charge is 0.280 e. The number of H-pyrrole nitrogens is 1. The normalized spacial score (nSPS) is 25.7. The molecule has 1 saturated heterocycles. The van der Waals surface area contributed by atoms with Crippen molar-refractivity contribution in [2.75, 3.05) is 12.3 Å². The summed E-state index contributed by atoms with van der Waals surface area (Å²) in [6.45, 7) is -0.776. The van der Waals surface area contributed by atoms with E-state index in [4.69, 9.17) is 10.5 Å². The van der Waals surface area contributed by atoms with Gasteiger partial charge in [0.05, 0.1) is 20.8 Å². The minimum absolute atomic E-state index is 0. The molecule has 1 fully saturated rings. The van der Waals surface area contributed by atoms with Crippen molar-refractivity contribution < 1.29 is 33.8 Å². The number of aliphatic hydroxyl groups is 2. The number of hydrogen-bond acceptors (Lipinski definition) is 11. The predicted octanol–water partition coefficient (Wildman–Crippen LogP) is -3.08. The second kappa shape index (κ2) is 7.75. The number of phosphoric ester groups is 1. The number of phosphoric acid groups is 1. The summed E-state index contributed by atoms with van der Waals surface area (Å²) in [6.07, 6.45) is -4.46. The Morgan fingerprint density at radius 3 is 2.65 bits per heavy atom. The molecule has 1 aliphatic heterocycles. The zero-order chi connectivity index (χ0) is 17.6. The molecule has 0 spiro atoms. The SMILES string of the molecule is Nc1nc2c(n[14cH]n2[C@@H]2O[C@H](COP(=O)([O-])[O-])C(O)[C@@H]2O)c(=O)[nH]1.[NH4+].[NH4+]. The molecule has 1 aliphatic rings. The molecule has 1 unspecified atom stereocenters. The Bertz CT molecular complexity index is 865. The Labute approximate surface area is 145 Å². The molecule has 16 heteroatoms. The maximum Gasteiger partial charge on any atom is 0.280 e. The lowest BCUT2D eigenvalue weighted by Gasteiger charge is -2.30. The Hall–Kier alpha value is -1.94. The van der Waals surface area contributed by atoms with Gasteiger partial charge in [0.15, 0.2) is 17.4 Å². The Morgan fingerprint density at radius 2 is 2.04 bits per heavy atom. The lowest BCUT2D eigenvalue weighted by molar-refractivity contribution is -0.343. The standard InChI is InChI=1S/C10H14N5O8P.2H3N/c11-10-13-7-4(8(18)14-10)12-2-15(7)9-6(17)5(16)3(23-9)1-22-24(19,20)21;;/h2-3,5-6,9,16-17H,1H2,(H2,19,20,21)(H3,11,13,14,18);2*1H3/t3-,5?,6+,9-;;/m1../s1/i2+2;;. The predicted molar refractivity (Wildman–Crippen MR) is 84.0 cm³/mol. The lowest BCUT2D eigenvalue weighted by atomic mass is 10.1. The van der Waals surface area contributed by atoms with E-state index in [1.807, 2.05) is 0 Å². The highest BCUT2D eigenvalue weighted by molar-refractivity contribution is 7.43. The van der Waals surface area contributed by atoms with Crippen molar-refractivity contribution in [2.45, 2.75) is 24.5 Å². The van der Waals surface area contributed by atoms with Crippen molar-refractivity contribution in [2.24, 2.45) is 0 Å². The molecule has 2 aromatic rings. The van der Waals surface area contributed by atoms with E-state index in [-0.39, 0.29) is 29.4 Å². The molecule has 0 aliphatic carbocycles. The van der Waals surface area contributed by atoms with E-state index in [9.17, 15) is 29.4 Å². The van der Waals surface area contributed by atoms with E-state index in [0.29, 0.717) is 0 Å². The van der Waals surface area contributed by atoms with Crippen LogP contribution in [0.3, 0.4) is 0 Å². The third-order valence-corrected chi connectivity index (χ3v) is 3.92. The zero-order valence-corrected chi connectivity index (χ0v) is 14.7. The average Bonchev–Trinajstić information content (AvgIpc) is 3.00. The fourth-order valence-corrected chi connectivity index (χ4v) is 2.72. The van der Waals surface area contributed by atoms with Gasteiger partial charge in [0.25, 0.3) is 5.56 Å². The number of rotatable bonds is 4. The van der Waals surface area contributed by atoms with Gasteiger partial charge in [-0.15, -0.1) is 0 Å². The van der Waals surface area contributed by atoms with Gasteiger partial charge >= 0.3 is 0 Å². The molecule has 13 N–H and O–H groups in total. The van der Waals surface area contributed by atoms with Crippen LogP contribution in [0.4, 0.5) is 5.95 Å². The Kier molecular flexibility index (Phi) is 6.59. The number of ether oxygens (including phenoxy) is 1. The van der Waals surface area contributed by atoms with E-state index in [2.05, 4.69) is 19.5 Å². The Balaban J connectivity index is 0.00000169. The minimum Gasteiger partial charge on any atom is -0.790 e. The number of nitrogen functional groups attached to an aromatic ring is 1. The van der Waals surface area contributed by atoms with Crippen LogP contribution in [0.5, 0.6) is 0 Å². The number of fused-ring (bicyclic) bond motifs is 1. The average molecular weight is 399 g/mol. The first-order valence-electron chi connectivity index (χ1n) is 6.58. The summed E-state index contributed by atoms with van der Waals surface area (Å²) >= 11 is 0. The van der Waals surface area contributed by atoms with Crippen LogP contribution in [0.15, 0.2) is 11.1 Å². The molecule has 2 aromatic heterocycles. The number of nitrogens with zero attached hydrogens (tertiary/aromatic N) is 3. The molecule has 3 rings (SSSR count). The Morgan fingerprint density at radius 1 is 1.38 bits per heavy atom. The van der Waals surface area contributed by atoms with Crippen LogP contribution in [0.1, 0.15) is 6.23 Å². The van der Waals surface area contributed by atoms with Crippen molar-refractivity contribution in [3.63, 3.8) is 0 Å². The largest absolute Gasteiger partial charge is 0.790 e. The molecule has 0 amide bonds. The molecule has 15 nitrogen and oxygen atoms in total. The second-order valence-electron chi connectivity index (χ2n) is 5.06. The van der Waals surface area contributed by atoms with Gasteiger partial charge in [-0.3, -0.25) is 14.3 Å². The van der Waals surface area contributed by atoms with Gasteiger partial charge in [0.2, 0.25) is 5.95 Å². The molecular formula is C10H20N7O8P. The summed E-state index contributed by atoms with van der Waals surface area (Å²) < 4.78 is 21.0. The number of quaternary nitrogens is 2. The second-order valence-corrected chi connectivity index (χ2v) is 6.22. The highest BCUT2D eigenvalue weighted by atomic mass is 31.2. The van der Waals surface area contributed by atoms with Crippen LogP contribution in [-0.4, -0.2) is 54.7 Å². The van der Waals surface area contributed by atoms with Crippen molar-refractivity contribution in [3.05, 3.63) is 16.7 Å². The van der Waals surface area contributed by atoms with Crippen molar-refractivity contribution in [3.8, 4) is 0 Å². The van der Waals surface area contributed by atoms with E-state index in [0.717, 1.165) is 10.9 Å². The molecule has 148 valence electrons. The summed E-state index contributed by atoms with van der Waals surface area (Å²) in [5.74, 6) is -0.194. The van der Waals surface area contributed by atoms with Crippen LogP contribution in [-0.2, 0) is 13.8 Å². The third-order valence-electron chi connectivity index (χ3n) is 3.46. The van der Waals surface area contributed by atoms with Gasteiger partial charge in [-0.05, 0) is 0 Å². The van der Waals surface area contributed by atoms with Gasteiger partial charge in [0, 0.05) is 0 Å². The topological polar surface area (TPSA) is 285 Å². The van der Waals surface area contributed by atoms with Crippen LogP contribution < -0.4 is 33.4 Å². The molecule has 26 heavy (non-hydrogen) atoms. The summed E-state index contributed by atoms with van der Waals surface area (Å²) in [6, 6.07) is 0. The molecule has 0 saturated carbocycles. The first-order chi connectivity index (χ1) is 11.2. The molecule has 4 atom stereocenters. The van der Waals surface area contributed by atoms with Crippen molar-refractivity contribution >= 4 is 24.9 Å². The van der Waals surface area contributed by atoms with Crippen LogP contribution in [0, 0.1) is 0 Å². The number of imidazole rings is 1. The quantitative estimate of drug-likeness (QED) is 0.280.